The van der Waals surface area contributed by atoms with Gasteiger partial charge in [0.2, 0.25) is 0 Å². The number of nitrogens with one attached hydrogen (secondary N) is 1. The fraction of sp³-hybridized carbons (Fsp3) is 0.353. The summed E-state index contributed by atoms with van der Waals surface area (Å²) in [5.74, 6) is -0.117. The Bertz CT molecular complexity index is 620. The van der Waals surface area contributed by atoms with Crippen LogP contribution in [0.4, 0.5) is 5.82 Å². The average molecular weight is 297 g/mol. The molecule has 0 radical (unpaired) electrons. The van der Waals surface area contributed by atoms with Gasteiger partial charge in [0.1, 0.15) is 5.82 Å². The van der Waals surface area contributed by atoms with Crippen LogP contribution < -0.4 is 5.32 Å². The Balaban J connectivity index is 1.59. The predicted molar refractivity (Wildman–Crippen MR) is 84.5 cm³/mol. The van der Waals surface area contributed by atoms with E-state index in [2.05, 4.69) is 15.3 Å². The van der Waals surface area contributed by atoms with Crippen molar-refractivity contribution in [2.45, 2.75) is 31.7 Å². The first-order valence-electron chi connectivity index (χ1n) is 7.59. The smallest absolute Gasteiger partial charge is 0.306 e. The van der Waals surface area contributed by atoms with Crippen LogP contribution in [0.5, 0.6) is 0 Å². The van der Waals surface area contributed by atoms with Crippen molar-refractivity contribution in [3.63, 3.8) is 0 Å². The van der Waals surface area contributed by atoms with Gasteiger partial charge in [0.05, 0.1) is 24.0 Å². The lowest BCUT2D eigenvalue weighted by atomic mass is 9.86. The number of carbonyl (C=O) groups is 1. The third kappa shape index (κ3) is 3.42. The Morgan fingerprint density at radius 3 is 2.36 bits per heavy atom. The van der Waals surface area contributed by atoms with Gasteiger partial charge in [-0.25, -0.2) is 4.98 Å². The van der Waals surface area contributed by atoms with E-state index in [0.717, 1.165) is 42.8 Å². The molecule has 0 atom stereocenters. The van der Waals surface area contributed by atoms with Gasteiger partial charge in [0, 0.05) is 11.6 Å². The van der Waals surface area contributed by atoms with E-state index in [-0.39, 0.29) is 12.0 Å². The molecule has 0 unspecified atom stereocenters. The molecule has 114 valence electrons. The summed E-state index contributed by atoms with van der Waals surface area (Å²) in [4.78, 5) is 19.8. The summed E-state index contributed by atoms with van der Waals surface area (Å²) in [7, 11) is 0. The maximum Gasteiger partial charge on any atom is 0.306 e. The van der Waals surface area contributed by atoms with Gasteiger partial charge in [0.15, 0.2) is 0 Å². The van der Waals surface area contributed by atoms with Crippen LogP contribution in [0.1, 0.15) is 25.7 Å². The highest BCUT2D eigenvalue weighted by atomic mass is 16.4. The van der Waals surface area contributed by atoms with Crippen molar-refractivity contribution in [3.05, 3.63) is 42.7 Å². The minimum atomic E-state index is -0.676. The molecule has 5 nitrogen and oxygen atoms in total. The van der Waals surface area contributed by atoms with Crippen molar-refractivity contribution >= 4 is 11.8 Å². The summed E-state index contributed by atoms with van der Waals surface area (Å²) in [6.07, 6.45) is 6.68. The Labute approximate surface area is 129 Å². The molecule has 5 heteroatoms. The molecule has 1 fully saturated rings. The van der Waals surface area contributed by atoms with Crippen LogP contribution in [-0.4, -0.2) is 27.1 Å². The van der Waals surface area contributed by atoms with Gasteiger partial charge < -0.3 is 10.4 Å². The van der Waals surface area contributed by atoms with E-state index in [1.807, 2.05) is 30.3 Å². The first-order chi connectivity index (χ1) is 10.7. The first-order valence-corrected chi connectivity index (χ1v) is 7.59. The second-order valence-electron chi connectivity index (χ2n) is 5.68. The molecule has 22 heavy (non-hydrogen) atoms. The zero-order valence-corrected chi connectivity index (χ0v) is 12.3. The molecular weight excluding hydrogens is 278 g/mol. The van der Waals surface area contributed by atoms with Crippen LogP contribution in [0.2, 0.25) is 0 Å². The molecule has 1 aliphatic rings. The first kappa shape index (κ1) is 14.5. The lowest BCUT2D eigenvalue weighted by Crippen LogP contribution is -2.29. The third-order valence-electron chi connectivity index (χ3n) is 4.15. The lowest BCUT2D eigenvalue weighted by molar-refractivity contribution is -0.142. The Kier molecular flexibility index (Phi) is 4.32. The maximum atomic E-state index is 10.9. The van der Waals surface area contributed by atoms with E-state index in [9.17, 15) is 4.79 Å². The second kappa shape index (κ2) is 6.56. The summed E-state index contributed by atoms with van der Waals surface area (Å²) < 4.78 is 0. The lowest BCUT2D eigenvalue weighted by Gasteiger charge is -2.27. The summed E-state index contributed by atoms with van der Waals surface area (Å²) in [5.41, 5.74) is 1.89. The van der Waals surface area contributed by atoms with Crippen molar-refractivity contribution in [3.8, 4) is 11.3 Å². The van der Waals surface area contributed by atoms with Crippen LogP contribution in [0.25, 0.3) is 11.3 Å². The number of anilines is 1. The summed E-state index contributed by atoms with van der Waals surface area (Å²) in [6, 6.07) is 10.2. The normalized spacial score (nSPS) is 21.3. The van der Waals surface area contributed by atoms with Gasteiger partial charge in [-0.15, -0.1) is 0 Å². The zero-order chi connectivity index (χ0) is 15.4. The molecule has 1 heterocycles. The zero-order valence-electron chi connectivity index (χ0n) is 12.3. The third-order valence-corrected chi connectivity index (χ3v) is 4.15. The second-order valence-corrected chi connectivity index (χ2v) is 5.68. The quantitative estimate of drug-likeness (QED) is 0.906. The Morgan fingerprint density at radius 1 is 1.05 bits per heavy atom. The van der Waals surface area contributed by atoms with Gasteiger partial charge in [-0.2, -0.15) is 0 Å². The van der Waals surface area contributed by atoms with Gasteiger partial charge in [-0.05, 0) is 25.7 Å². The average Bonchev–Trinajstić information content (AvgIpc) is 2.57. The number of rotatable bonds is 4. The molecule has 0 aliphatic heterocycles. The van der Waals surface area contributed by atoms with Crippen LogP contribution in [-0.2, 0) is 4.79 Å². The molecular formula is C17H19N3O2. The van der Waals surface area contributed by atoms with E-state index in [1.54, 1.807) is 12.4 Å². The molecule has 2 N–H and O–H groups in total. The molecule has 2 aromatic rings. The minimum absolute atomic E-state index is 0.190. The molecule has 0 bridgehead atoms. The number of benzene rings is 1. The largest absolute Gasteiger partial charge is 0.481 e. The molecule has 1 aromatic heterocycles. The highest BCUT2D eigenvalue weighted by Gasteiger charge is 2.25. The van der Waals surface area contributed by atoms with Crippen LogP contribution >= 0.6 is 0 Å². The SMILES string of the molecule is O=C(O)C1CCC(Nc2cnc(-c3ccccc3)cn2)CC1. The molecule has 0 saturated heterocycles. The highest BCUT2D eigenvalue weighted by molar-refractivity contribution is 5.70. The molecule has 3 rings (SSSR count). The van der Waals surface area contributed by atoms with Crippen LogP contribution in [0.15, 0.2) is 42.7 Å². The van der Waals surface area contributed by atoms with E-state index >= 15 is 0 Å². The summed E-state index contributed by atoms with van der Waals surface area (Å²) in [5, 5.41) is 12.4. The predicted octanol–water partition coefficient (Wildman–Crippen LogP) is 3.20. The Morgan fingerprint density at radius 2 is 1.77 bits per heavy atom. The number of carboxylic acids is 1. The molecule has 1 aliphatic carbocycles. The number of carboxylic acid groups (broad SMARTS) is 1. The van der Waals surface area contributed by atoms with Gasteiger partial charge in [-0.3, -0.25) is 9.78 Å². The number of aromatic nitrogens is 2. The fourth-order valence-electron chi connectivity index (χ4n) is 2.85. The van der Waals surface area contributed by atoms with Crippen molar-refractivity contribution in [2.75, 3.05) is 5.32 Å². The standard InChI is InChI=1S/C17H19N3O2/c21-17(22)13-6-8-14(9-7-13)20-16-11-18-15(10-19-16)12-4-2-1-3-5-12/h1-5,10-11,13-14H,6-9H2,(H,19,20)(H,21,22). The number of hydrogen-bond acceptors (Lipinski definition) is 4. The van der Waals surface area contributed by atoms with Crippen molar-refractivity contribution in [2.24, 2.45) is 5.92 Å². The maximum absolute atomic E-state index is 10.9. The summed E-state index contributed by atoms with van der Waals surface area (Å²) in [6.45, 7) is 0. The molecule has 1 aromatic carbocycles. The van der Waals surface area contributed by atoms with Crippen LogP contribution in [0.3, 0.4) is 0 Å². The molecule has 0 spiro atoms. The fourth-order valence-corrected chi connectivity index (χ4v) is 2.85. The van der Waals surface area contributed by atoms with E-state index in [1.165, 1.54) is 0 Å². The van der Waals surface area contributed by atoms with Gasteiger partial charge in [0.25, 0.3) is 0 Å². The van der Waals surface area contributed by atoms with Gasteiger partial charge in [-0.1, -0.05) is 30.3 Å². The summed E-state index contributed by atoms with van der Waals surface area (Å²) >= 11 is 0. The number of nitrogens with zero attached hydrogens (tertiary/aromatic N) is 2. The monoisotopic (exact) mass is 297 g/mol. The van der Waals surface area contributed by atoms with Gasteiger partial charge >= 0.3 is 5.97 Å². The minimum Gasteiger partial charge on any atom is -0.481 e. The molecule has 1 saturated carbocycles. The van der Waals surface area contributed by atoms with Crippen LogP contribution in [0, 0.1) is 5.92 Å². The Hall–Kier alpha value is -2.43. The molecule has 0 amide bonds. The topological polar surface area (TPSA) is 75.1 Å². The number of hydrogen-bond donors (Lipinski definition) is 2. The number of aliphatic carboxylic acids is 1. The van der Waals surface area contributed by atoms with Crippen molar-refractivity contribution in [1.29, 1.82) is 0 Å². The van der Waals surface area contributed by atoms with E-state index < -0.39 is 5.97 Å². The van der Waals surface area contributed by atoms with Crippen molar-refractivity contribution < 1.29 is 9.90 Å². The highest BCUT2D eigenvalue weighted by Crippen LogP contribution is 2.26. The van der Waals surface area contributed by atoms with Crippen molar-refractivity contribution in [1.82, 2.24) is 9.97 Å². The van der Waals surface area contributed by atoms with E-state index in [4.69, 9.17) is 5.11 Å². The van der Waals surface area contributed by atoms with E-state index in [0.29, 0.717) is 0 Å².